The lowest BCUT2D eigenvalue weighted by Gasteiger charge is -2.04. The SMILES string of the molecule is CCC(CC)CC=O.O=[P+](O)O. The third kappa shape index (κ3) is 16.3. The van der Waals surface area contributed by atoms with E-state index in [4.69, 9.17) is 14.4 Å². The minimum absolute atomic E-state index is 0.632. The molecule has 0 heterocycles. The number of hydrogen-bond acceptors (Lipinski definition) is 2. The quantitative estimate of drug-likeness (QED) is 0.528. The molecule has 0 saturated carbocycles. The highest BCUT2D eigenvalue weighted by Gasteiger charge is 1.99. The van der Waals surface area contributed by atoms with Gasteiger partial charge in [0.25, 0.3) is 0 Å². The number of carbonyl (C=O) groups excluding carboxylic acids is 1. The van der Waals surface area contributed by atoms with Crippen molar-refractivity contribution in [1.82, 2.24) is 0 Å². The summed E-state index contributed by atoms with van der Waals surface area (Å²) < 4.78 is 8.70. The molecular weight excluding hydrogens is 179 g/mol. The van der Waals surface area contributed by atoms with Crippen LogP contribution in [0.15, 0.2) is 0 Å². The van der Waals surface area contributed by atoms with Crippen molar-refractivity contribution < 1.29 is 19.1 Å². The lowest BCUT2D eigenvalue weighted by Crippen LogP contribution is -1.95. The zero-order chi connectivity index (χ0) is 9.98. The van der Waals surface area contributed by atoms with Crippen molar-refractivity contribution in [3.63, 3.8) is 0 Å². The summed E-state index contributed by atoms with van der Waals surface area (Å²) in [6, 6.07) is 0. The molecule has 0 amide bonds. The molecule has 2 N–H and O–H groups in total. The van der Waals surface area contributed by atoms with Crippen molar-refractivity contribution in [3.05, 3.63) is 0 Å². The van der Waals surface area contributed by atoms with Gasteiger partial charge in [0.1, 0.15) is 6.29 Å². The summed E-state index contributed by atoms with van der Waals surface area (Å²) in [7, 11) is -2.87. The van der Waals surface area contributed by atoms with Gasteiger partial charge in [0, 0.05) is 11.0 Å². The summed E-state index contributed by atoms with van der Waals surface area (Å²) in [6.07, 6.45) is 4.02. The first kappa shape index (κ1) is 14.2. The molecule has 0 bridgehead atoms. The van der Waals surface area contributed by atoms with Gasteiger partial charge < -0.3 is 4.79 Å². The molecule has 0 aliphatic carbocycles. The van der Waals surface area contributed by atoms with Gasteiger partial charge in [0.15, 0.2) is 0 Å². The van der Waals surface area contributed by atoms with Crippen LogP contribution in [0.4, 0.5) is 0 Å². The molecule has 0 aromatic rings. The Morgan fingerprint density at radius 3 is 1.75 bits per heavy atom. The molecule has 0 aromatic heterocycles. The van der Waals surface area contributed by atoms with Crippen molar-refractivity contribution in [2.75, 3.05) is 0 Å². The lowest BCUT2D eigenvalue weighted by molar-refractivity contribution is -0.108. The number of aldehydes is 1. The minimum Gasteiger partial charge on any atom is -0.303 e. The van der Waals surface area contributed by atoms with Gasteiger partial charge in [0.05, 0.1) is 0 Å². The van der Waals surface area contributed by atoms with Gasteiger partial charge in [-0.25, -0.2) is 0 Å². The molecule has 0 saturated heterocycles. The van der Waals surface area contributed by atoms with Crippen LogP contribution in [0.1, 0.15) is 33.1 Å². The van der Waals surface area contributed by atoms with E-state index in [1.165, 1.54) is 0 Å². The van der Waals surface area contributed by atoms with Gasteiger partial charge in [0.2, 0.25) is 0 Å². The monoisotopic (exact) mass is 195 g/mol. The smallest absolute Gasteiger partial charge is 0.303 e. The Balaban J connectivity index is 0. The maximum absolute atomic E-state index is 9.93. The molecule has 0 atom stereocenters. The highest BCUT2D eigenvalue weighted by Crippen LogP contribution is 2.09. The summed E-state index contributed by atoms with van der Waals surface area (Å²) in [4.78, 5) is 24.2. The Hall–Kier alpha value is -0.310. The average molecular weight is 195 g/mol. The second kappa shape index (κ2) is 10.7. The normalized spacial score (nSPS) is 8.75. The fourth-order valence-corrected chi connectivity index (χ4v) is 0.758. The molecule has 72 valence electrons. The molecule has 0 aromatic carbocycles. The zero-order valence-electron chi connectivity index (χ0n) is 7.43. The molecule has 0 rings (SSSR count). The first-order valence-corrected chi connectivity index (χ1v) is 5.03. The topological polar surface area (TPSA) is 74.6 Å². The van der Waals surface area contributed by atoms with Crippen LogP contribution in [0.3, 0.4) is 0 Å². The van der Waals surface area contributed by atoms with Crippen LogP contribution in [0.25, 0.3) is 0 Å². The van der Waals surface area contributed by atoms with Gasteiger partial charge in [-0.2, -0.15) is 0 Å². The Morgan fingerprint density at radius 1 is 1.33 bits per heavy atom. The number of rotatable bonds is 4. The molecule has 12 heavy (non-hydrogen) atoms. The van der Waals surface area contributed by atoms with E-state index in [1.807, 2.05) is 0 Å². The highest BCUT2D eigenvalue weighted by atomic mass is 31.1. The summed E-state index contributed by atoms with van der Waals surface area (Å²) in [5.74, 6) is 0.632. The predicted molar refractivity (Wildman–Crippen MR) is 46.8 cm³/mol. The third-order valence-corrected chi connectivity index (χ3v) is 1.58. The van der Waals surface area contributed by atoms with E-state index < -0.39 is 8.25 Å². The fourth-order valence-electron chi connectivity index (χ4n) is 0.758. The Labute approximate surface area is 73.6 Å². The van der Waals surface area contributed by atoms with Crippen molar-refractivity contribution >= 4 is 14.5 Å². The molecule has 4 nitrogen and oxygen atoms in total. The van der Waals surface area contributed by atoms with Crippen molar-refractivity contribution in [2.45, 2.75) is 33.1 Å². The molecule has 5 heteroatoms. The molecule has 0 unspecified atom stereocenters. The van der Waals surface area contributed by atoms with E-state index in [0.29, 0.717) is 5.92 Å². The van der Waals surface area contributed by atoms with Gasteiger partial charge >= 0.3 is 8.25 Å². The first-order chi connectivity index (χ1) is 5.58. The summed E-state index contributed by atoms with van der Waals surface area (Å²) >= 11 is 0. The van der Waals surface area contributed by atoms with E-state index >= 15 is 0 Å². The van der Waals surface area contributed by atoms with E-state index in [2.05, 4.69) is 13.8 Å². The van der Waals surface area contributed by atoms with Crippen LogP contribution in [0, 0.1) is 5.92 Å². The maximum Gasteiger partial charge on any atom is 0.692 e. The largest absolute Gasteiger partial charge is 0.692 e. The minimum atomic E-state index is -2.87. The van der Waals surface area contributed by atoms with Crippen molar-refractivity contribution in [3.8, 4) is 0 Å². The van der Waals surface area contributed by atoms with Gasteiger partial charge in [-0.1, -0.05) is 26.7 Å². The summed E-state index contributed by atoms with van der Waals surface area (Å²) in [5, 5.41) is 0. The molecule has 0 aliphatic heterocycles. The molecule has 0 fully saturated rings. The van der Waals surface area contributed by atoms with E-state index in [9.17, 15) is 4.79 Å². The van der Waals surface area contributed by atoms with Crippen LogP contribution >= 0.6 is 8.25 Å². The maximum atomic E-state index is 9.93. The standard InChI is InChI=1S/C7H14O.HO3P/c1-3-7(4-2)5-6-8;1-4(2)3/h6-7H,3-5H2,1-2H3;(H-,1,2,3)/p+1. The number of hydrogen-bond donors (Lipinski definition) is 2. The Bertz CT molecular complexity index is 119. The van der Waals surface area contributed by atoms with Gasteiger partial charge in [-0.3, -0.25) is 0 Å². The third-order valence-electron chi connectivity index (χ3n) is 1.58. The second-order valence-electron chi connectivity index (χ2n) is 2.34. The van der Waals surface area contributed by atoms with Crippen LogP contribution in [0.2, 0.25) is 0 Å². The Kier molecular flexibility index (Phi) is 12.7. The van der Waals surface area contributed by atoms with Crippen LogP contribution in [-0.4, -0.2) is 16.1 Å². The first-order valence-electron chi connectivity index (χ1n) is 3.87. The lowest BCUT2D eigenvalue weighted by atomic mass is 10.0. The van der Waals surface area contributed by atoms with E-state index in [-0.39, 0.29) is 0 Å². The van der Waals surface area contributed by atoms with Crippen LogP contribution in [-0.2, 0) is 9.36 Å². The molecule has 0 aliphatic rings. The molecule has 0 spiro atoms. The van der Waals surface area contributed by atoms with Crippen molar-refractivity contribution in [1.29, 1.82) is 0 Å². The van der Waals surface area contributed by atoms with Gasteiger partial charge in [-0.15, -0.1) is 9.79 Å². The summed E-state index contributed by atoms with van der Waals surface area (Å²) in [6.45, 7) is 4.25. The summed E-state index contributed by atoms with van der Waals surface area (Å²) in [5.41, 5.74) is 0. The zero-order valence-corrected chi connectivity index (χ0v) is 8.33. The van der Waals surface area contributed by atoms with Crippen molar-refractivity contribution in [2.24, 2.45) is 5.92 Å². The fraction of sp³-hybridized carbons (Fsp3) is 0.857. The average Bonchev–Trinajstić information content (AvgIpc) is 1.99. The van der Waals surface area contributed by atoms with Gasteiger partial charge in [-0.05, 0) is 5.92 Å². The predicted octanol–water partition coefficient (Wildman–Crippen LogP) is 1.64. The number of carbonyl (C=O) groups is 1. The van der Waals surface area contributed by atoms with E-state index in [0.717, 1.165) is 25.5 Å². The van der Waals surface area contributed by atoms with Crippen LogP contribution in [0.5, 0.6) is 0 Å². The second-order valence-corrected chi connectivity index (χ2v) is 2.84. The molecular formula is C7H16O4P+. The molecule has 0 radical (unpaired) electrons. The van der Waals surface area contributed by atoms with Crippen LogP contribution < -0.4 is 0 Å². The van der Waals surface area contributed by atoms with E-state index in [1.54, 1.807) is 0 Å². The highest BCUT2D eigenvalue weighted by molar-refractivity contribution is 7.30. The Morgan fingerprint density at radius 2 is 1.67 bits per heavy atom.